The van der Waals surface area contributed by atoms with E-state index in [1.165, 1.54) is 33.4 Å². The topological polar surface area (TPSA) is 82.8 Å². The summed E-state index contributed by atoms with van der Waals surface area (Å²) in [6.07, 6.45) is 3.65. The van der Waals surface area contributed by atoms with E-state index in [9.17, 15) is 13.2 Å². The summed E-state index contributed by atoms with van der Waals surface area (Å²) in [6.45, 7) is 13.3. The van der Waals surface area contributed by atoms with Crippen molar-refractivity contribution in [2.24, 2.45) is 0 Å². The summed E-state index contributed by atoms with van der Waals surface area (Å²) in [5, 5.41) is 5.04. The third-order valence-corrected chi connectivity index (χ3v) is 5.03. The number of halogens is 3. The van der Waals surface area contributed by atoms with Crippen molar-refractivity contribution < 1.29 is 51.0 Å². The van der Waals surface area contributed by atoms with E-state index in [-0.39, 0.29) is 19.5 Å². The zero-order valence-electron chi connectivity index (χ0n) is 16.3. The second-order valence-corrected chi connectivity index (χ2v) is 7.51. The van der Waals surface area contributed by atoms with Gasteiger partial charge in [-0.1, -0.05) is 6.42 Å². The average molecular weight is 516 g/mol. The van der Waals surface area contributed by atoms with E-state index < -0.39 is 15.6 Å². The van der Waals surface area contributed by atoms with Crippen molar-refractivity contribution in [3.63, 3.8) is 0 Å². The van der Waals surface area contributed by atoms with Crippen LogP contribution in [0.1, 0.15) is 46.2 Å². The van der Waals surface area contributed by atoms with Crippen LogP contribution in [0.2, 0.25) is 0 Å². The summed E-state index contributed by atoms with van der Waals surface area (Å²) in [6, 6.07) is 0. The van der Waals surface area contributed by atoms with Gasteiger partial charge >= 0.3 is 25.0 Å². The van der Waals surface area contributed by atoms with E-state index in [4.69, 9.17) is 18.4 Å². The molecule has 0 aliphatic heterocycles. The molecule has 0 bridgehead atoms. The third-order valence-electron chi connectivity index (χ3n) is 4.17. The Hall–Kier alpha value is -0.437. The van der Waals surface area contributed by atoms with Gasteiger partial charge in [0, 0.05) is 6.42 Å². The number of nitrogens with two attached hydrogens (primary N) is 1. The van der Waals surface area contributed by atoms with Crippen LogP contribution in [0.3, 0.4) is 0 Å². The SMILES string of the molecule is Cc1c(C)c(C)c(C)c(C)c1C.O=S(=O)([O-])C(F)(F)F.[NH2+]=CCCC[S-].[Ru+2]. The van der Waals surface area contributed by atoms with Crippen molar-refractivity contribution in [2.45, 2.75) is 59.9 Å². The van der Waals surface area contributed by atoms with Crippen molar-refractivity contribution in [1.82, 2.24) is 0 Å². The van der Waals surface area contributed by atoms with Crippen LogP contribution in [-0.2, 0) is 42.2 Å². The Labute approximate surface area is 178 Å². The fourth-order valence-electron chi connectivity index (χ4n) is 1.89. The Morgan fingerprint density at radius 1 is 0.926 bits per heavy atom. The molecule has 4 nitrogen and oxygen atoms in total. The molecule has 0 unspecified atom stereocenters. The zero-order valence-corrected chi connectivity index (χ0v) is 19.7. The first-order valence-corrected chi connectivity index (χ1v) is 9.79. The standard InChI is InChI=1S/C12H18.C4H9NS.CHF3O3S.Ru/c1-7-8(2)10(4)12(6)11(5)9(7)3;5-3-1-2-4-6;2-1(3,4)8(5,6)7;/h1-6H3;3,5-6H,1-2,4H2;(H,5,6,7);/q;;;+2/p-1. The fourth-order valence-corrected chi connectivity index (χ4v) is 2.06. The Morgan fingerprint density at radius 2 is 1.15 bits per heavy atom. The van der Waals surface area contributed by atoms with Crippen LogP contribution < -0.4 is 5.41 Å². The zero-order chi connectivity index (χ0) is 21.3. The van der Waals surface area contributed by atoms with Gasteiger partial charge in [-0.2, -0.15) is 18.9 Å². The molecule has 27 heavy (non-hydrogen) atoms. The van der Waals surface area contributed by atoms with Crippen LogP contribution >= 0.6 is 0 Å². The molecule has 0 spiro atoms. The smallest absolute Gasteiger partial charge is 0.793 e. The number of unbranched alkanes of at least 4 members (excludes halogenated alkanes) is 1. The van der Waals surface area contributed by atoms with Crippen LogP contribution in [0.4, 0.5) is 13.2 Å². The molecule has 0 saturated heterocycles. The molecule has 10 heteroatoms. The molecule has 0 fully saturated rings. The Morgan fingerprint density at radius 3 is 1.22 bits per heavy atom. The van der Waals surface area contributed by atoms with Gasteiger partial charge in [0.15, 0.2) is 10.1 Å². The van der Waals surface area contributed by atoms with E-state index in [1.807, 2.05) is 0 Å². The predicted octanol–water partition coefficient (Wildman–Crippen LogP) is 2.73. The summed E-state index contributed by atoms with van der Waals surface area (Å²) in [5.74, 6) is 0.827. The van der Waals surface area contributed by atoms with Gasteiger partial charge in [0.2, 0.25) is 0 Å². The summed E-state index contributed by atoms with van der Waals surface area (Å²) in [4.78, 5) is 0. The largest absolute Gasteiger partial charge is 2.00 e. The van der Waals surface area contributed by atoms with Gasteiger partial charge in [0.25, 0.3) is 0 Å². The first-order chi connectivity index (χ1) is 11.6. The Bertz CT molecular complexity index is 601. The Kier molecular flexibility index (Phi) is 15.9. The van der Waals surface area contributed by atoms with E-state index in [2.05, 4.69) is 54.2 Å². The fraction of sp³-hybridized carbons (Fsp3) is 0.588. The van der Waals surface area contributed by atoms with Gasteiger partial charge in [-0.25, -0.2) is 8.42 Å². The van der Waals surface area contributed by atoms with Crippen molar-refractivity contribution in [2.75, 3.05) is 5.75 Å². The van der Waals surface area contributed by atoms with Crippen molar-refractivity contribution >= 4 is 29.0 Å². The van der Waals surface area contributed by atoms with E-state index in [0.29, 0.717) is 0 Å². The summed E-state index contributed by atoms with van der Waals surface area (Å²) < 4.78 is 58.9. The molecule has 0 atom stereocenters. The number of alkyl halides is 3. The maximum Gasteiger partial charge on any atom is 2.00 e. The first-order valence-electron chi connectivity index (χ1n) is 7.80. The molecular formula is C17H27F3NO3RuS2+. The molecule has 2 N–H and O–H groups in total. The molecule has 0 amide bonds. The molecule has 0 aliphatic carbocycles. The number of rotatable bonds is 3. The van der Waals surface area contributed by atoms with Gasteiger partial charge in [-0.15, -0.1) is 0 Å². The summed E-state index contributed by atoms with van der Waals surface area (Å²) >= 11 is 4.64. The van der Waals surface area contributed by atoms with Crippen LogP contribution in [0, 0.1) is 41.5 Å². The molecule has 1 aromatic carbocycles. The monoisotopic (exact) mass is 516 g/mol. The van der Waals surface area contributed by atoms with Gasteiger partial charge in [0.1, 0.15) is 6.21 Å². The van der Waals surface area contributed by atoms with Gasteiger partial charge in [-0.3, -0.25) is 5.41 Å². The van der Waals surface area contributed by atoms with E-state index >= 15 is 0 Å². The second kappa shape index (κ2) is 13.7. The van der Waals surface area contributed by atoms with Crippen molar-refractivity contribution in [3.05, 3.63) is 33.4 Å². The second-order valence-electron chi connectivity index (χ2n) is 5.73. The van der Waals surface area contributed by atoms with E-state index in [0.717, 1.165) is 18.6 Å². The quantitative estimate of drug-likeness (QED) is 0.168. The van der Waals surface area contributed by atoms with Crippen LogP contribution in [0.15, 0.2) is 0 Å². The average Bonchev–Trinajstić information content (AvgIpc) is 2.54. The maximum atomic E-state index is 10.7. The van der Waals surface area contributed by atoms with Crippen LogP contribution in [0.25, 0.3) is 0 Å². The molecule has 1 rings (SSSR count). The minimum Gasteiger partial charge on any atom is -0.793 e. The molecule has 0 radical (unpaired) electrons. The first kappa shape index (κ1) is 31.3. The number of benzene rings is 1. The molecular weight excluding hydrogens is 488 g/mol. The minimum absolute atomic E-state index is 0. The van der Waals surface area contributed by atoms with Crippen LogP contribution in [-0.4, -0.2) is 30.4 Å². The molecule has 0 saturated carbocycles. The number of hydrogen-bond acceptors (Lipinski definition) is 4. The van der Waals surface area contributed by atoms with Gasteiger partial charge in [-0.05, 0) is 74.9 Å². The summed E-state index contributed by atoms with van der Waals surface area (Å²) in [5.41, 5.74) is 3.08. The predicted molar refractivity (Wildman–Crippen MR) is 100 cm³/mol. The minimum atomic E-state index is -6.09. The molecule has 0 heterocycles. The molecule has 0 aliphatic rings. The molecule has 0 aromatic heterocycles. The molecule has 158 valence electrons. The summed E-state index contributed by atoms with van der Waals surface area (Å²) in [7, 11) is -6.09. The molecule has 1 aromatic rings. The van der Waals surface area contributed by atoms with Crippen molar-refractivity contribution in [1.29, 1.82) is 0 Å². The van der Waals surface area contributed by atoms with Crippen molar-refractivity contribution in [3.8, 4) is 0 Å². The van der Waals surface area contributed by atoms with Gasteiger partial charge < -0.3 is 17.2 Å². The maximum absolute atomic E-state index is 10.7. The Balaban J connectivity index is -0.000000338. The van der Waals surface area contributed by atoms with Crippen LogP contribution in [0.5, 0.6) is 0 Å². The third kappa shape index (κ3) is 11.2. The van der Waals surface area contributed by atoms with E-state index in [1.54, 1.807) is 6.21 Å². The normalized spacial score (nSPS) is 10.6. The van der Waals surface area contributed by atoms with Gasteiger partial charge in [0.05, 0.1) is 0 Å². The number of hydrogen-bond donors (Lipinski definition) is 1.